The van der Waals surface area contributed by atoms with Crippen LogP contribution in [0, 0.1) is 0 Å². The van der Waals surface area contributed by atoms with Crippen molar-refractivity contribution < 1.29 is 0 Å². The fraction of sp³-hybridized carbons (Fsp3) is 0.727. The first kappa shape index (κ1) is 10.2. The maximum Gasteiger partial charge on any atom is 0.108 e. The first-order valence-electron chi connectivity index (χ1n) is 5.27. The Morgan fingerprint density at radius 3 is 2.43 bits per heavy atom. The molecule has 0 radical (unpaired) electrons. The third kappa shape index (κ3) is 1.62. The molecule has 0 amide bonds. The van der Waals surface area contributed by atoms with E-state index in [1.165, 1.54) is 35.1 Å². The van der Waals surface area contributed by atoms with Gasteiger partial charge in [0.25, 0.3) is 0 Å². The Hall–Kier alpha value is -0.310. The molecule has 2 rings (SSSR count). The zero-order valence-electron chi connectivity index (χ0n) is 9.10. The molecule has 0 N–H and O–H groups in total. The van der Waals surface area contributed by atoms with Crippen LogP contribution in [-0.4, -0.2) is 9.78 Å². The average molecular weight is 257 g/mol. The summed E-state index contributed by atoms with van der Waals surface area (Å²) in [5.74, 6) is 0. The smallest absolute Gasteiger partial charge is 0.108 e. The van der Waals surface area contributed by atoms with Crippen molar-refractivity contribution in [1.82, 2.24) is 9.78 Å². The van der Waals surface area contributed by atoms with E-state index in [-0.39, 0.29) is 5.54 Å². The number of hydrogen-bond acceptors (Lipinski definition) is 1. The number of aryl methyl sites for hydroxylation is 1. The quantitative estimate of drug-likeness (QED) is 0.697. The Bertz CT molecular complexity index is 347. The van der Waals surface area contributed by atoms with Gasteiger partial charge in [0.05, 0.1) is 11.2 Å². The lowest BCUT2D eigenvalue weighted by atomic mass is 9.98. The summed E-state index contributed by atoms with van der Waals surface area (Å²) in [6, 6.07) is 0. The van der Waals surface area contributed by atoms with Crippen molar-refractivity contribution in [3.8, 4) is 0 Å². The Morgan fingerprint density at radius 2 is 1.86 bits per heavy atom. The van der Waals surface area contributed by atoms with Gasteiger partial charge >= 0.3 is 0 Å². The van der Waals surface area contributed by atoms with Crippen LogP contribution in [-0.2, 0) is 18.4 Å². The Morgan fingerprint density at radius 1 is 1.21 bits per heavy atom. The molecule has 0 aliphatic heterocycles. The van der Waals surface area contributed by atoms with Crippen LogP contribution in [0.25, 0.3) is 0 Å². The van der Waals surface area contributed by atoms with Crippen LogP contribution < -0.4 is 0 Å². The molecule has 0 saturated heterocycles. The summed E-state index contributed by atoms with van der Waals surface area (Å²) >= 11 is 3.67. The number of rotatable bonds is 0. The van der Waals surface area contributed by atoms with E-state index in [0.29, 0.717) is 0 Å². The van der Waals surface area contributed by atoms with Crippen LogP contribution in [0.5, 0.6) is 0 Å². The summed E-state index contributed by atoms with van der Waals surface area (Å²) in [4.78, 5) is 0. The molecule has 1 aromatic heterocycles. The first-order valence-corrected chi connectivity index (χ1v) is 6.06. The van der Waals surface area contributed by atoms with Gasteiger partial charge in [-0.3, -0.25) is 4.68 Å². The largest absolute Gasteiger partial charge is 0.253 e. The normalized spacial score (nSPS) is 16.9. The third-order valence-corrected chi connectivity index (χ3v) is 3.54. The van der Waals surface area contributed by atoms with Gasteiger partial charge in [-0.25, -0.2) is 0 Å². The van der Waals surface area contributed by atoms with Crippen molar-refractivity contribution in [3.05, 3.63) is 15.9 Å². The van der Waals surface area contributed by atoms with Gasteiger partial charge in [0.15, 0.2) is 0 Å². The molecule has 0 atom stereocenters. The van der Waals surface area contributed by atoms with E-state index in [1.54, 1.807) is 0 Å². The molecule has 0 aromatic carbocycles. The van der Waals surface area contributed by atoms with Crippen LogP contribution >= 0.6 is 15.9 Å². The van der Waals surface area contributed by atoms with Gasteiger partial charge in [-0.2, -0.15) is 5.10 Å². The topological polar surface area (TPSA) is 17.8 Å². The predicted octanol–water partition coefficient (Wildman–Crippen LogP) is 3.28. The first-order chi connectivity index (χ1) is 6.50. The highest BCUT2D eigenvalue weighted by molar-refractivity contribution is 9.10. The highest BCUT2D eigenvalue weighted by Crippen LogP contribution is 2.31. The molecule has 1 aliphatic carbocycles. The molecule has 0 spiro atoms. The van der Waals surface area contributed by atoms with Crippen molar-refractivity contribution in [1.29, 1.82) is 0 Å². The Kier molecular flexibility index (Phi) is 2.46. The van der Waals surface area contributed by atoms with E-state index in [9.17, 15) is 0 Å². The molecule has 0 unspecified atom stereocenters. The fourth-order valence-electron chi connectivity index (χ4n) is 1.96. The monoisotopic (exact) mass is 256 g/mol. The number of halogens is 1. The van der Waals surface area contributed by atoms with Crippen LogP contribution in [0.1, 0.15) is 44.9 Å². The van der Waals surface area contributed by atoms with Gasteiger partial charge in [0.1, 0.15) is 4.60 Å². The van der Waals surface area contributed by atoms with Crippen LogP contribution in [0.4, 0.5) is 0 Å². The zero-order chi connectivity index (χ0) is 10.3. The van der Waals surface area contributed by atoms with Crippen molar-refractivity contribution >= 4 is 15.9 Å². The molecule has 1 heterocycles. The molecular formula is C11H17BrN2. The average Bonchev–Trinajstić information content (AvgIpc) is 2.44. The number of hydrogen-bond donors (Lipinski definition) is 0. The van der Waals surface area contributed by atoms with E-state index in [1.807, 2.05) is 0 Å². The van der Waals surface area contributed by atoms with Crippen molar-refractivity contribution in [2.45, 2.75) is 52.0 Å². The molecular weight excluding hydrogens is 240 g/mol. The molecule has 1 aromatic rings. The van der Waals surface area contributed by atoms with E-state index in [2.05, 4.69) is 41.4 Å². The minimum atomic E-state index is 0.0795. The maximum absolute atomic E-state index is 4.69. The highest BCUT2D eigenvalue weighted by atomic mass is 79.9. The second kappa shape index (κ2) is 3.37. The van der Waals surface area contributed by atoms with Gasteiger partial charge in [0.2, 0.25) is 0 Å². The van der Waals surface area contributed by atoms with Gasteiger partial charge < -0.3 is 0 Å². The lowest BCUT2D eigenvalue weighted by Gasteiger charge is -2.20. The van der Waals surface area contributed by atoms with E-state index < -0.39 is 0 Å². The molecule has 2 nitrogen and oxygen atoms in total. The standard InChI is InChI=1S/C11H17BrN2/c1-11(2,3)14-10(12)8-6-4-5-7-9(8)13-14/h4-7H2,1-3H3. The number of nitrogens with zero attached hydrogens (tertiary/aromatic N) is 2. The van der Waals surface area contributed by atoms with Crippen LogP contribution in [0.3, 0.4) is 0 Å². The van der Waals surface area contributed by atoms with Crippen molar-refractivity contribution in [2.75, 3.05) is 0 Å². The van der Waals surface area contributed by atoms with E-state index in [4.69, 9.17) is 5.10 Å². The molecule has 0 saturated carbocycles. The summed E-state index contributed by atoms with van der Waals surface area (Å²) < 4.78 is 3.31. The maximum atomic E-state index is 4.69. The summed E-state index contributed by atoms with van der Waals surface area (Å²) in [6.45, 7) is 6.57. The number of fused-ring (bicyclic) bond motifs is 1. The lowest BCUT2D eigenvalue weighted by Crippen LogP contribution is -2.23. The Labute approximate surface area is 93.8 Å². The Balaban J connectivity index is 2.49. The molecule has 1 aliphatic rings. The molecule has 3 heteroatoms. The fourth-order valence-corrected chi connectivity index (χ4v) is 3.00. The number of aromatic nitrogens is 2. The highest BCUT2D eigenvalue weighted by Gasteiger charge is 2.24. The van der Waals surface area contributed by atoms with Crippen LogP contribution in [0.2, 0.25) is 0 Å². The van der Waals surface area contributed by atoms with E-state index >= 15 is 0 Å². The van der Waals surface area contributed by atoms with Gasteiger partial charge in [-0.15, -0.1) is 0 Å². The predicted molar refractivity (Wildman–Crippen MR) is 61.6 cm³/mol. The second-order valence-electron chi connectivity index (χ2n) is 5.01. The SMILES string of the molecule is CC(C)(C)n1nc2c(c1Br)CCCC2. The lowest BCUT2D eigenvalue weighted by molar-refractivity contribution is 0.346. The van der Waals surface area contributed by atoms with E-state index in [0.717, 1.165) is 6.42 Å². The van der Waals surface area contributed by atoms with Gasteiger partial charge in [0, 0.05) is 5.56 Å². The van der Waals surface area contributed by atoms with Crippen molar-refractivity contribution in [3.63, 3.8) is 0 Å². The molecule has 0 fully saturated rings. The van der Waals surface area contributed by atoms with Crippen molar-refractivity contribution in [2.24, 2.45) is 0 Å². The second-order valence-corrected chi connectivity index (χ2v) is 5.76. The minimum Gasteiger partial charge on any atom is -0.253 e. The third-order valence-electron chi connectivity index (χ3n) is 2.73. The van der Waals surface area contributed by atoms with Gasteiger partial charge in [-0.1, -0.05) is 0 Å². The molecule has 0 bridgehead atoms. The summed E-state index contributed by atoms with van der Waals surface area (Å²) in [7, 11) is 0. The summed E-state index contributed by atoms with van der Waals surface area (Å²) in [5, 5.41) is 4.69. The minimum absolute atomic E-state index is 0.0795. The molecule has 14 heavy (non-hydrogen) atoms. The van der Waals surface area contributed by atoms with Gasteiger partial charge in [-0.05, 0) is 62.4 Å². The summed E-state index contributed by atoms with van der Waals surface area (Å²) in [6.07, 6.45) is 4.94. The zero-order valence-corrected chi connectivity index (χ0v) is 10.7. The molecule has 78 valence electrons. The summed E-state index contributed by atoms with van der Waals surface area (Å²) in [5.41, 5.74) is 2.82. The van der Waals surface area contributed by atoms with Crippen LogP contribution in [0.15, 0.2) is 4.60 Å².